The molecule has 5 N–H and O–H groups in total. The molecule has 0 saturated carbocycles. The smallest absolute Gasteiger partial charge is 0.323 e. The average Bonchev–Trinajstić information content (AvgIpc) is 3.24. The lowest BCUT2D eigenvalue weighted by molar-refractivity contribution is 0.262. The van der Waals surface area contributed by atoms with Crippen molar-refractivity contribution in [3.05, 3.63) is 70.7 Å². The zero-order valence-electron chi connectivity index (χ0n) is 18.4. The summed E-state index contributed by atoms with van der Waals surface area (Å²) >= 11 is 7.43. The largest absolute Gasteiger partial charge is 0.383 e. The highest BCUT2D eigenvalue weighted by Crippen LogP contribution is 2.38. The van der Waals surface area contributed by atoms with E-state index in [1.54, 1.807) is 42.6 Å². The first kappa shape index (κ1) is 24.5. The lowest BCUT2D eigenvalue weighted by Crippen LogP contribution is -2.21. The number of benzene rings is 2. The van der Waals surface area contributed by atoms with Crippen molar-refractivity contribution in [1.82, 2.24) is 9.71 Å². The van der Waals surface area contributed by atoms with E-state index in [0.717, 1.165) is 27.5 Å². The Morgan fingerprint density at radius 1 is 1.14 bits per heavy atom. The number of rotatable bonds is 5. The van der Waals surface area contributed by atoms with Crippen LogP contribution in [0.15, 0.2) is 60.1 Å². The van der Waals surface area contributed by atoms with Gasteiger partial charge in [0.1, 0.15) is 5.82 Å². The van der Waals surface area contributed by atoms with E-state index in [1.165, 1.54) is 11.3 Å². The number of hydrogen-bond acceptors (Lipinski definition) is 6. The van der Waals surface area contributed by atoms with Gasteiger partial charge in [-0.3, -0.25) is 0 Å². The molecule has 0 saturated heterocycles. The van der Waals surface area contributed by atoms with Crippen molar-refractivity contribution in [2.45, 2.75) is 0 Å². The molecule has 0 aliphatic heterocycles. The molecule has 2 aromatic carbocycles. The van der Waals surface area contributed by atoms with Gasteiger partial charge in [-0.15, -0.1) is 11.3 Å². The SMILES string of the molecule is CS(=O)(=O)NCC#Cc1cnc(N)c2c(-c3ccc(NC(=O)Nc4cccc(Cl)c4)cc3)csc12. The molecule has 0 aliphatic carbocycles. The van der Waals surface area contributed by atoms with E-state index in [0.29, 0.717) is 27.8 Å². The monoisotopic (exact) mass is 525 g/mol. The van der Waals surface area contributed by atoms with E-state index in [4.69, 9.17) is 17.3 Å². The third-order valence-corrected chi connectivity index (χ3v) is 6.72. The second-order valence-corrected chi connectivity index (χ2v) is 10.6. The molecule has 11 heteroatoms. The highest BCUT2D eigenvalue weighted by molar-refractivity contribution is 7.88. The van der Waals surface area contributed by atoms with Gasteiger partial charge in [-0.2, -0.15) is 0 Å². The Labute approximate surface area is 211 Å². The number of pyridine rings is 1. The van der Waals surface area contributed by atoms with Crippen molar-refractivity contribution in [3.63, 3.8) is 0 Å². The van der Waals surface area contributed by atoms with Crippen molar-refractivity contribution in [3.8, 4) is 23.0 Å². The number of fused-ring (bicyclic) bond motifs is 1. The molecule has 2 amide bonds. The standard InChI is InChI=1S/C24H20ClN5O3S2/c1-35(32,33)28-11-3-4-16-13-27-23(26)21-20(14-34-22(16)21)15-7-9-18(10-8-15)29-24(31)30-19-6-2-5-17(25)12-19/h2,5-10,12-14,28H,11H2,1H3,(H2,26,27)(H2,29,30,31). The number of sulfonamides is 1. The van der Waals surface area contributed by atoms with Gasteiger partial charge in [0, 0.05) is 33.5 Å². The molecule has 0 unspecified atom stereocenters. The number of amides is 2. The Morgan fingerprint density at radius 3 is 2.60 bits per heavy atom. The number of nitrogen functional groups attached to an aromatic ring is 1. The Morgan fingerprint density at radius 2 is 1.89 bits per heavy atom. The van der Waals surface area contributed by atoms with Gasteiger partial charge in [0.2, 0.25) is 10.0 Å². The first-order valence-corrected chi connectivity index (χ1v) is 13.4. The second kappa shape index (κ2) is 10.3. The van der Waals surface area contributed by atoms with Crippen LogP contribution in [0.5, 0.6) is 0 Å². The number of thiophene rings is 1. The number of carbonyl (C=O) groups excluding carboxylic acids is 1. The van der Waals surface area contributed by atoms with Crippen molar-refractivity contribution in [1.29, 1.82) is 0 Å². The van der Waals surface area contributed by atoms with Crippen molar-refractivity contribution in [2.75, 3.05) is 29.2 Å². The molecular formula is C24H20ClN5O3S2. The minimum Gasteiger partial charge on any atom is -0.383 e. The van der Waals surface area contributed by atoms with Gasteiger partial charge < -0.3 is 16.4 Å². The van der Waals surface area contributed by atoms with E-state index in [2.05, 4.69) is 32.2 Å². The highest BCUT2D eigenvalue weighted by atomic mass is 35.5. The summed E-state index contributed by atoms with van der Waals surface area (Å²) in [6, 6.07) is 13.8. The summed E-state index contributed by atoms with van der Waals surface area (Å²) in [6.45, 7) is 0.00227. The first-order chi connectivity index (χ1) is 16.7. The summed E-state index contributed by atoms with van der Waals surface area (Å²) in [6.07, 6.45) is 2.66. The van der Waals surface area contributed by atoms with Crippen LogP contribution in [-0.2, 0) is 10.0 Å². The average molecular weight is 526 g/mol. The molecule has 4 aromatic rings. The fraction of sp³-hybridized carbons (Fsp3) is 0.0833. The molecule has 178 valence electrons. The molecule has 0 spiro atoms. The Hall–Kier alpha value is -3.62. The Kier molecular flexibility index (Phi) is 7.23. The highest BCUT2D eigenvalue weighted by Gasteiger charge is 2.14. The van der Waals surface area contributed by atoms with E-state index in [9.17, 15) is 13.2 Å². The molecule has 0 radical (unpaired) electrons. The lowest BCUT2D eigenvalue weighted by Gasteiger charge is -2.09. The van der Waals surface area contributed by atoms with Crippen LogP contribution in [0.4, 0.5) is 22.0 Å². The van der Waals surface area contributed by atoms with E-state index < -0.39 is 10.0 Å². The summed E-state index contributed by atoms with van der Waals surface area (Å²) in [5, 5.41) is 8.79. The fourth-order valence-corrected chi connectivity index (χ4v) is 4.85. The quantitative estimate of drug-likeness (QED) is 0.280. The number of nitrogens with zero attached hydrogens (tertiary/aromatic N) is 1. The number of nitrogens with one attached hydrogen (secondary N) is 3. The predicted octanol–water partition coefficient (Wildman–Crippen LogP) is 4.74. The topological polar surface area (TPSA) is 126 Å². The minimum atomic E-state index is -3.31. The number of aromatic nitrogens is 1. The van der Waals surface area contributed by atoms with Crippen molar-refractivity contribution in [2.24, 2.45) is 0 Å². The maximum atomic E-state index is 12.3. The van der Waals surface area contributed by atoms with Crippen molar-refractivity contribution >= 4 is 66.3 Å². The van der Waals surface area contributed by atoms with Crippen LogP contribution < -0.4 is 21.1 Å². The van der Waals surface area contributed by atoms with E-state index >= 15 is 0 Å². The van der Waals surface area contributed by atoms with Crippen LogP contribution in [0.25, 0.3) is 21.2 Å². The molecular weight excluding hydrogens is 506 g/mol. The summed E-state index contributed by atoms with van der Waals surface area (Å²) in [4.78, 5) is 16.6. The van der Waals surface area contributed by atoms with Gasteiger partial charge in [-0.05, 0) is 41.3 Å². The summed E-state index contributed by atoms with van der Waals surface area (Å²) in [5.41, 5.74) is 9.84. The molecule has 0 bridgehead atoms. The zero-order chi connectivity index (χ0) is 25.0. The van der Waals surface area contributed by atoms with Gasteiger partial charge in [0.05, 0.1) is 23.1 Å². The number of halogens is 1. The van der Waals surface area contributed by atoms with Gasteiger partial charge >= 0.3 is 6.03 Å². The zero-order valence-corrected chi connectivity index (χ0v) is 20.8. The number of anilines is 3. The van der Waals surface area contributed by atoms with E-state index in [1.807, 2.05) is 17.5 Å². The van der Waals surface area contributed by atoms with Crippen LogP contribution in [0, 0.1) is 11.8 Å². The van der Waals surface area contributed by atoms with Crippen LogP contribution in [0.2, 0.25) is 5.02 Å². The maximum Gasteiger partial charge on any atom is 0.323 e. The van der Waals surface area contributed by atoms with Crippen LogP contribution in [0.3, 0.4) is 0 Å². The number of hydrogen-bond donors (Lipinski definition) is 4. The second-order valence-electron chi connectivity index (χ2n) is 7.47. The van der Waals surface area contributed by atoms with Crippen LogP contribution >= 0.6 is 22.9 Å². The number of carbonyl (C=O) groups is 1. The van der Waals surface area contributed by atoms with Crippen LogP contribution in [-0.4, -0.2) is 32.2 Å². The van der Waals surface area contributed by atoms with Gasteiger partial charge in [-0.25, -0.2) is 22.9 Å². The van der Waals surface area contributed by atoms with Crippen LogP contribution in [0.1, 0.15) is 5.56 Å². The molecule has 35 heavy (non-hydrogen) atoms. The molecule has 0 atom stereocenters. The number of nitrogens with two attached hydrogens (primary N) is 1. The molecule has 0 aliphatic rings. The van der Waals surface area contributed by atoms with E-state index in [-0.39, 0.29) is 12.6 Å². The third-order valence-electron chi connectivity index (χ3n) is 4.81. The predicted molar refractivity (Wildman–Crippen MR) is 143 cm³/mol. The normalized spacial score (nSPS) is 11.0. The molecule has 2 aromatic heterocycles. The summed E-state index contributed by atoms with van der Waals surface area (Å²) < 4.78 is 25.6. The fourth-order valence-electron chi connectivity index (χ4n) is 3.27. The molecule has 2 heterocycles. The maximum absolute atomic E-state index is 12.3. The number of urea groups is 1. The molecule has 0 fully saturated rings. The third kappa shape index (κ3) is 6.29. The minimum absolute atomic E-state index is 0.00227. The van der Waals surface area contributed by atoms with Gasteiger partial charge in [-0.1, -0.05) is 41.6 Å². The first-order valence-electron chi connectivity index (χ1n) is 10.2. The van der Waals surface area contributed by atoms with Gasteiger partial charge in [0.15, 0.2) is 0 Å². The molecule has 4 rings (SSSR count). The Balaban J connectivity index is 1.52. The summed E-state index contributed by atoms with van der Waals surface area (Å²) in [7, 11) is -3.31. The van der Waals surface area contributed by atoms with Gasteiger partial charge in [0.25, 0.3) is 0 Å². The molecule has 8 nitrogen and oxygen atoms in total. The van der Waals surface area contributed by atoms with Crippen molar-refractivity contribution < 1.29 is 13.2 Å². The Bertz CT molecular complexity index is 1570. The lowest BCUT2D eigenvalue weighted by atomic mass is 10.0. The summed E-state index contributed by atoms with van der Waals surface area (Å²) in [5.74, 6) is 6.13.